The molecular formula is C19H31N3O2. The number of anilines is 2. The lowest BCUT2D eigenvalue weighted by molar-refractivity contribution is -0.118. The molecule has 0 aliphatic heterocycles. The summed E-state index contributed by atoms with van der Waals surface area (Å²) in [6.07, 6.45) is 2.58. The number of hydrogen-bond acceptors (Lipinski definition) is 3. The minimum absolute atomic E-state index is 0.00602. The van der Waals surface area contributed by atoms with Gasteiger partial charge in [0.05, 0.1) is 6.54 Å². The predicted octanol–water partition coefficient (Wildman–Crippen LogP) is 3.73. The van der Waals surface area contributed by atoms with E-state index in [-0.39, 0.29) is 11.8 Å². The van der Waals surface area contributed by atoms with Gasteiger partial charge in [-0.1, -0.05) is 27.7 Å². The van der Waals surface area contributed by atoms with Crippen LogP contribution >= 0.6 is 0 Å². The van der Waals surface area contributed by atoms with Crippen molar-refractivity contribution in [1.29, 1.82) is 0 Å². The van der Waals surface area contributed by atoms with Crippen LogP contribution in [-0.4, -0.2) is 36.3 Å². The smallest absolute Gasteiger partial charge is 0.238 e. The highest BCUT2D eigenvalue weighted by atomic mass is 16.2. The molecule has 0 radical (unpaired) electrons. The lowest BCUT2D eigenvalue weighted by Gasteiger charge is -2.20. The maximum absolute atomic E-state index is 12.1. The highest BCUT2D eigenvalue weighted by Crippen LogP contribution is 2.14. The number of nitrogens with zero attached hydrogens (tertiary/aromatic N) is 1. The molecule has 5 heteroatoms. The second kappa shape index (κ2) is 10.8. The summed E-state index contributed by atoms with van der Waals surface area (Å²) in [4.78, 5) is 26.0. The van der Waals surface area contributed by atoms with Crippen molar-refractivity contribution >= 4 is 23.2 Å². The Morgan fingerprint density at radius 1 is 0.917 bits per heavy atom. The molecule has 0 aliphatic carbocycles. The Labute approximate surface area is 145 Å². The zero-order valence-corrected chi connectivity index (χ0v) is 15.4. The zero-order chi connectivity index (χ0) is 17.9. The molecule has 2 N–H and O–H groups in total. The summed E-state index contributed by atoms with van der Waals surface area (Å²) in [5, 5.41) is 5.77. The molecule has 134 valence electrons. The summed E-state index contributed by atoms with van der Waals surface area (Å²) in [5.41, 5.74) is 1.49. The number of rotatable bonds is 10. The Morgan fingerprint density at radius 3 is 1.79 bits per heavy atom. The minimum atomic E-state index is -0.00602. The molecule has 1 aromatic carbocycles. The first-order valence-corrected chi connectivity index (χ1v) is 8.86. The van der Waals surface area contributed by atoms with E-state index in [4.69, 9.17) is 0 Å². The van der Waals surface area contributed by atoms with E-state index < -0.39 is 0 Å². The minimum Gasteiger partial charge on any atom is -0.326 e. The van der Waals surface area contributed by atoms with Gasteiger partial charge in [0.1, 0.15) is 0 Å². The van der Waals surface area contributed by atoms with Gasteiger partial charge in [0.15, 0.2) is 0 Å². The molecular weight excluding hydrogens is 302 g/mol. The molecule has 0 fully saturated rings. The molecule has 0 atom stereocenters. The molecule has 2 amide bonds. The lowest BCUT2D eigenvalue weighted by Crippen LogP contribution is -2.34. The highest BCUT2D eigenvalue weighted by Gasteiger charge is 2.10. The van der Waals surface area contributed by atoms with Crippen molar-refractivity contribution in [1.82, 2.24) is 4.90 Å². The number of benzene rings is 1. The van der Waals surface area contributed by atoms with E-state index in [0.717, 1.165) is 37.3 Å². The fourth-order valence-corrected chi connectivity index (χ4v) is 2.53. The van der Waals surface area contributed by atoms with Crippen molar-refractivity contribution in [3.8, 4) is 0 Å². The molecule has 0 saturated carbocycles. The molecule has 0 heterocycles. The first-order valence-electron chi connectivity index (χ1n) is 8.86. The second-order valence-electron chi connectivity index (χ2n) is 6.55. The maximum Gasteiger partial charge on any atom is 0.238 e. The van der Waals surface area contributed by atoms with Gasteiger partial charge in [-0.05, 0) is 56.1 Å². The molecule has 0 saturated heterocycles. The third-order valence-electron chi connectivity index (χ3n) is 3.49. The van der Waals surface area contributed by atoms with Gasteiger partial charge in [0.2, 0.25) is 11.8 Å². The van der Waals surface area contributed by atoms with E-state index in [1.165, 1.54) is 0 Å². The third kappa shape index (κ3) is 8.11. The van der Waals surface area contributed by atoms with Gasteiger partial charge in [-0.3, -0.25) is 14.5 Å². The van der Waals surface area contributed by atoms with E-state index in [1.54, 1.807) is 0 Å². The number of carbonyl (C=O) groups is 2. The largest absolute Gasteiger partial charge is 0.326 e. The summed E-state index contributed by atoms with van der Waals surface area (Å²) in [6, 6.07) is 7.24. The Morgan fingerprint density at radius 2 is 1.38 bits per heavy atom. The third-order valence-corrected chi connectivity index (χ3v) is 3.49. The van der Waals surface area contributed by atoms with Gasteiger partial charge in [0.25, 0.3) is 0 Å². The van der Waals surface area contributed by atoms with Crippen LogP contribution in [0.25, 0.3) is 0 Å². The fraction of sp³-hybridized carbons (Fsp3) is 0.579. The Kier molecular flexibility index (Phi) is 9.08. The van der Waals surface area contributed by atoms with Crippen molar-refractivity contribution in [3.63, 3.8) is 0 Å². The maximum atomic E-state index is 12.1. The molecule has 5 nitrogen and oxygen atoms in total. The van der Waals surface area contributed by atoms with Crippen LogP contribution in [0.1, 0.15) is 47.0 Å². The van der Waals surface area contributed by atoms with Crippen LogP contribution in [-0.2, 0) is 9.59 Å². The monoisotopic (exact) mass is 333 g/mol. The first kappa shape index (κ1) is 20.2. The van der Waals surface area contributed by atoms with Crippen LogP contribution in [0.3, 0.4) is 0 Å². The van der Waals surface area contributed by atoms with Gasteiger partial charge in [-0.2, -0.15) is 0 Å². The average Bonchev–Trinajstić information content (AvgIpc) is 2.49. The first-order chi connectivity index (χ1) is 11.4. The molecule has 24 heavy (non-hydrogen) atoms. The van der Waals surface area contributed by atoms with E-state index in [0.29, 0.717) is 18.9 Å². The van der Waals surface area contributed by atoms with Crippen LogP contribution in [0.2, 0.25) is 0 Å². The van der Waals surface area contributed by atoms with Crippen molar-refractivity contribution in [2.24, 2.45) is 5.92 Å². The summed E-state index contributed by atoms with van der Waals surface area (Å²) >= 11 is 0. The predicted molar refractivity (Wildman–Crippen MR) is 100 cm³/mol. The van der Waals surface area contributed by atoms with E-state index in [2.05, 4.69) is 29.4 Å². The number of hydrogen-bond donors (Lipinski definition) is 2. The Balaban J connectivity index is 2.50. The quantitative estimate of drug-likeness (QED) is 0.686. The van der Waals surface area contributed by atoms with Crippen LogP contribution in [0.4, 0.5) is 11.4 Å². The van der Waals surface area contributed by atoms with E-state index >= 15 is 0 Å². The SMILES string of the molecule is CCCN(CCC)CC(=O)Nc1ccc(NC(=O)CC(C)C)cc1. The molecule has 0 aromatic heterocycles. The zero-order valence-electron chi connectivity index (χ0n) is 15.4. The van der Waals surface area contributed by atoms with E-state index in [9.17, 15) is 9.59 Å². The van der Waals surface area contributed by atoms with Gasteiger partial charge >= 0.3 is 0 Å². The van der Waals surface area contributed by atoms with Crippen LogP contribution in [0, 0.1) is 5.92 Å². The van der Waals surface area contributed by atoms with E-state index in [1.807, 2.05) is 38.1 Å². The van der Waals surface area contributed by atoms with Crippen LogP contribution < -0.4 is 10.6 Å². The summed E-state index contributed by atoms with van der Waals surface area (Å²) in [7, 11) is 0. The normalized spacial score (nSPS) is 10.9. The fourth-order valence-electron chi connectivity index (χ4n) is 2.53. The van der Waals surface area contributed by atoms with Crippen LogP contribution in [0.15, 0.2) is 24.3 Å². The summed E-state index contributed by atoms with van der Waals surface area (Å²) in [6.45, 7) is 10.5. The van der Waals surface area contributed by atoms with Crippen molar-refractivity contribution in [2.75, 3.05) is 30.3 Å². The molecule has 0 aliphatic rings. The molecule has 0 bridgehead atoms. The highest BCUT2D eigenvalue weighted by molar-refractivity contribution is 5.93. The van der Waals surface area contributed by atoms with Crippen molar-refractivity contribution in [3.05, 3.63) is 24.3 Å². The summed E-state index contributed by atoms with van der Waals surface area (Å²) in [5.74, 6) is 0.336. The number of amides is 2. The molecule has 1 rings (SSSR count). The molecule has 0 unspecified atom stereocenters. The molecule has 1 aromatic rings. The molecule has 0 spiro atoms. The summed E-state index contributed by atoms with van der Waals surface area (Å²) < 4.78 is 0. The van der Waals surface area contributed by atoms with Crippen molar-refractivity contribution < 1.29 is 9.59 Å². The van der Waals surface area contributed by atoms with Gasteiger partial charge in [-0.25, -0.2) is 0 Å². The Bertz CT molecular complexity index is 506. The lowest BCUT2D eigenvalue weighted by atomic mass is 10.1. The standard InChI is InChI=1S/C19H31N3O2/c1-5-11-22(12-6-2)14-19(24)21-17-9-7-16(8-10-17)20-18(23)13-15(3)4/h7-10,15H,5-6,11-14H2,1-4H3,(H,20,23)(H,21,24). The van der Waals surface area contributed by atoms with Crippen LogP contribution in [0.5, 0.6) is 0 Å². The van der Waals surface area contributed by atoms with Crippen molar-refractivity contribution in [2.45, 2.75) is 47.0 Å². The number of carbonyl (C=O) groups excluding carboxylic acids is 2. The number of nitrogens with one attached hydrogen (secondary N) is 2. The van der Waals surface area contributed by atoms with Gasteiger partial charge in [-0.15, -0.1) is 0 Å². The average molecular weight is 333 g/mol. The van der Waals surface area contributed by atoms with Gasteiger partial charge in [0, 0.05) is 17.8 Å². The topological polar surface area (TPSA) is 61.4 Å². The second-order valence-corrected chi connectivity index (χ2v) is 6.55. The van der Waals surface area contributed by atoms with Gasteiger partial charge < -0.3 is 10.6 Å². The Hall–Kier alpha value is -1.88.